The molecule has 27 heavy (non-hydrogen) atoms. The number of nitrogens with zero attached hydrogens (tertiary/aromatic N) is 2. The lowest BCUT2D eigenvalue weighted by Gasteiger charge is -2.30. The fraction of sp³-hybridized carbons (Fsp3) is 0.350. The van der Waals surface area contributed by atoms with Crippen molar-refractivity contribution in [3.8, 4) is 0 Å². The molecular weight excluding hydrogens is 384 g/mol. The van der Waals surface area contributed by atoms with Gasteiger partial charge in [-0.2, -0.15) is 0 Å². The molecule has 4 rings (SSSR count). The number of benzene rings is 2. The van der Waals surface area contributed by atoms with E-state index in [1.54, 1.807) is 23.1 Å². The summed E-state index contributed by atoms with van der Waals surface area (Å²) in [5.41, 5.74) is 3.37. The van der Waals surface area contributed by atoms with Crippen molar-refractivity contribution in [3.05, 3.63) is 64.2 Å². The van der Waals surface area contributed by atoms with Gasteiger partial charge in [-0.3, -0.25) is 9.10 Å². The van der Waals surface area contributed by atoms with Crippen LogP contribution in [0.25, 0.3) is 0 Å². The van der Waals surface area contributed by atoms with Crippen LogP contribution in [0.4, 0.5) is 5.69 Å². The second-order valence-electron chi connectivity index (χ2n) is 7.00. The second kappa shape index (κ2) is 7.17. The topological polar surface area (TPSA) is 57.7 Å². The van der Waals surface area contributed by atoms with Gasteiger partial charge < -0.3 is 4.90 Å². The largest absolute Gasteiger partial charge is 0.334 e. The monoisotopic (exact) mass is 404 g/mol. The van der Waals surface area contributed by atoms with E-state index in [-0.39, 0.29) is 16.7 Å². The molecule has 0 radical (unpaired) electrons. The highest BCUT2D eigenvalue weighted by atomic mass is 35.5. The number of rotatable bonds is 2. The van der Waals surface area contributed by atoms with Crippen molar-refractivity contribution in [2.24, 2.45) is 0 Å². The van der Waals surface area contributed by atoms with Gasteiger partial charge in [0.15, 0.2) is 0 Å². The first-order valence-electron chi connectivity index (χ1n) is 9.12. The Labute approximate surface area is 164 Å². The Morgan fingerprint density at radius 3 is 2.52 bits per heavy atom. The molecule has 1 fully saturated rings. The lowest BCUT2D eigenvalue weighted by Crippen LogP contribution is -2.38. The molecule has 0 bridgehead atoms. The lowest BCUT2D eigenvalue weighted by molar-refractivity contribution is 0.0735. The number of fused-ring (bicyclic) bond motifs is 1. The number of halogens is 1. The van der Waals surface area contributed by atoms with Gasteiger partial charge in [-0.25, -0.2) is 8.42 Å². The smallest absolute Gasteiger partial charge is 0.255 e. The maximum Gasteiger partial charge on any atom is 0.255 e. The molecule has 2 aromatic rings. The Kier molecular flexibility index (Phi) is 4.86. The summed E-state index contributed by atoms with van der Waals surface area (Å²) in [7, 11) is -3.30. The van der Waals surface area contributed by atoms with E-state index in [4.69, 9.17) is 11.6 Å². The zero-order valence-corrected chi connectivity index (χ0v) is 16.5. The first-order valence-corrected chi connectivity index (χ1v) is 11.1. The summed E-state index contributed by atoms with van der Waals surface area (Å²) >= 11 is 6.39. The van der Waals surface area contributed by atoms with Crippen molar-refractivity contribution >= 4 is 33.2 Å². The molecule has 2 heterocycles. The van der Waals surface area contributed by atoms with E-state index >= 15 is 0 Å². The molecule has 2 aliphatic heterocycles. The van der Waals surface area contributed by atoms with Gasteiger partial charge in [-0.1, -0.05) is 35.9 Å². The molecule has 2 aromatic carbocycles. The van der Waals surface area contributed by atoms with Gasteiger partial charge in [-0.05, 0) is 48.6 Å². The van der Waals surface area contributed by atoms with E-state index < -0.39 is 10.0 Å². The van der Waals surface area contributed by atoms with Crippen molar-refractivity contribution in [3.63, 3.8) is 0 Å². The number of sulfonamides is 1. The molecular formula is C20H21ClN2O3S. The highest BCUT2D eigenvalue weighted by Gasteiger charge is 2.28. The van der Waals surface area contributed by atoms with Crippen LogP contribution in [0.15, 0.2) is 42.5 Å². The van der Waals surface area contributed by atoms with Crippen LogP contribution in [-0.4, -0.2) is 38.1 Å². The van der Waals surface area contributed by atoms with Crippen molar-refractivity contribution in [2.75, 3.05) is 23.1 Å². The van der Waals surface area contributed by atoms with Crippen LogP contribution in [0.3, 0.4) is 0 Å². The predicted molar refractivity (Wildman–Crippen MR) is 107 cm³/mol. The zero-order valence-electron chi connectivity index (χ0n) is 14.9. The Bertz CT molecular complexity index is 990. The molecule has 0 saturated carbocycles. The second-order valence-corrected chi connectivity index (χ2v) is 9.42. The third-order valence-electron chi connectivity index (χ3n) is 5.24. The summed E-state index contributed by atoms with van der Waals surface area (Å²) in [6, 6.07) is 13.0. The van der Waals surface area contributed by atoms with E-state index in [2.05, 4.69) is 6.07 Å². The Morgan fingerprint density at radius 2 is 1.78 bits per heavy atom. The van der Waals surface area contributed by atoms with Crippen molar-refractivity contribution in [1.29, 1.82) is 0 Å². The molecule has 0 atom stereocenters. The molecule has 7 heteroatoms. The minimum Gasteiger partial charge on any atom is -0.334 e. The number of hydrogen-bond acceptors (Lipinski definition) is 3. The van der Waals surface area contributed by atoms with Crippen LogP contribution in [0.5, 0.6) is 0 Å². The van der Waals surface area contributed by atoms with E-state index in [9.17, 15) is 13.2 Å². The van der Waals surface area contributed by atoms with Crippen molar-refractivity contribution < 1.29 is 13.2 Å². The number of carbonyl (C=O) groups is 1. The number of hydrogen-bond donors (Lipinski definition) is 0. The maximum atomic E-state index is 13.0. The van der Waals surface area contributed by atoms with Gasteiger partial charge in [0.1, 0.15) is 0 Å². The predicted octanol–water partition coefficient (Wildman–Crippen LogP) is 3.47. The summed E-state index contributed by atoms with van der Waals surface area (Å²) < 4.78 is 26.0. The lowest BCUT2D eigenvalue weighted by atomic mass is 9.99. The standard InChI is InChI=1S/C20H21ClN2O3S/c21-19-13-17(23-10-3-4-12-27(23,25)26)7-8-18(19)20(24)22-11-9-15-5-1-2-6-16(15)14-22/h1-2,5-8,13H,3-4,9-12,14H2. The SMILES string of the molecule is O=C(c1ccc(N2CCCCS2(=O)=O)cc1Cl)N1CCc2ccccc2C1. The van der Waals surface area contributed by atoms with Crippen molar-refractivity contribution in [2.45, 2.75) is 25.8 Å². The van der Waals surface area contributed by atoms with Crippen LogP contribution in [0.2, 0.25) is 5.02 Å². The summed E-state index contributed by atoms with van der Waals surface area (Å²) in [4.78, 5) is 14.7. The quantitative estimate of drug-likeness (QED) is 0.770. The van der Waals surface area contributed by atoms with E-state index in [1.807, 2.05) is 18.2 Å². The van der Waals surface area contributed by atoms with Crippen LogP contribution in [-0.2, 0) is 23.0 Å². The zero-order chi connectivity index (χ0) is 19.0. The van der Waals surface area contributed by atoms with E-state index in [0.29, 0.717) is 37.3 Å². The molecule has 5 nitrogen and oxygen atoms in total. The van der Waals surface area contributed by atoms with Gasteiger partial charge in [-0.15, -0.1) is 0 Å². The Morgan fingerprint density at radius 1 is 1.00 bits per heavy atom. The number of amides is 1. The molecule has 2 aliphatic rings. The first kappa shape index (κ1) is 18.3. The van der Waals surface area contributed by atoms with Crippen molar-refractivity contribution in [1.82, 2.24) is 4.90 Å². The van der Waals surface area contributed by atoms with Crippen LogP contribution >= 0.6 is 11.6 Å². The maximum absolute atomic E-state index is 13.0. The highest BCUT2D eigenvalue weighted by Crippen LogP contribution is 2.30. The third-order valence-corrected chi connectivity index (χ3v) is 7.42. The molecule has 142 valence electrons. The molecule has 0 aliphatic carbocycles. The molecule has 0 unspecified atom stereocenters. The van der Waals surface area contributed by atoms with Gasteiger partial charge in [0, 0.05) is 19.6 Å². The number of carbonyl (C=O) groups excluding carboxylic acids is 1. The highest BCUT2D eigenvalue weighted by molar-refractivity contribution is 7.92. The van der Waals surface area contributed by atoms with Crippen LogP contribution < -0.4 is 4.31 Å². The van der Waals surface area contributed by atoms with Gasteiger partial charge in [0.05, 0.1) is 22.0 Å². The fourth-order valence-corrected chi connectivity index (χ4v) is 5.64. The van der Waals surface area contributed by atoms with E-state index in [0.717, 1.165) is 18.4 Å². The average Bonchev–Trinajstić information content (AvgIpc) is 2.66. The molecule has 1 amide bonds. The van der Waals surface area contributed by atoms with Gasteiger partial charge in [0.25, 0.3) is 5.91 Å². The minimum absolute atomic E-state index is 0.123. The minimum atomic E-state index is -3.30. The molecule has 1 saturated heterocycles. The van der Waals surface area contributed by atoms with Crippen LogP contribution in [0, 0.1) is 0 Å². The molecule has 0 spiro atoms. The fourth-order valence-electron chi connectivity index (χ4n) is 3.75. The van der Waals surface area contributed by atoms with Gasteiger partial charge in [0.2, 0.25) is 10.0 Å². The molecule has 0 N–H and O–H groups in total. The summed E-state index contributed by atoms with van der Waals surface area (Å²) in [6.45, 7) is 1.66. The molecule has 0 aromatic heterocycles. The first-order chi connectivity index (χ1) is 13.0. The Balaban J connectivity index is 1.57. The Hall–Kier alpha value is -2.05. The van der Waals surface area contributed by atoms with Gasteiger partial charge >= 0.3 is 0 Å². The van der Waals surface area contributed by atoms with E-state index in [1.165, 1.54) is 9.87 Å². The summed E-state index contributed by atoms with van der Waals surface area (Å²) in [6.07, 6.45) is 2.33. The van der Waals surface area contributed by atoms with Crippen LogP contribution in [0.1, 0.15) is 34.3 Å². The average molecular weight is 405 g/mol. The summed E-state index contributed by atoms with van der Waals surface area (Å²) in [5.74, 6) is 0.0286. The number of anilines is 1. The summed E-state index contributed by atoms with van der Waals surface area (Å²) in [5, 5.41) is 0.289. The third kappa shape index (κ3) is 3.56. The normalized spacial score (nSPS) is 18.9.